The van der Waals surface area contributed by atoms with Crippen molar-refractivity contribution in [2.24, 2.45) is 5.73 Å². The van der Waals surface area contributed by atoms with E-state index in [-0.39, 0.29) is 0 Å². The molecular formula is C6H8N2. The molecular weight excluding hydrogens is 100 g/mol. The molecule has 0 aliphatic carbocycles. The number of dihydropyridines is 1. The van der Waals surface area contributed by atoms with Crippen molar-refractivity contribution in [3.8, 4) is 0 Å². The Kier molecular flexibility index (Phi) is 1.37. The van der Waals surface area contributed by atoms with Crippen LogP contribution in [0.4, 0.5) is 0 Å². The summed E-state index contributed by atoms with van der Waals surface area (Å²) in [4.78, 5) is 0. The largest absolute Gasteiger partial charge is 0.404 e. The molecule has 0 radical (unpaired) electrons. The first-order chi connectivity index (χ1) is 3.93. The first-order valence-electron chi connectivity index (χ1n) is 2.44. The summed E-state index contributed by atoms with van der Waals surface area (Å²) in [6.45, 7) is 0. The van der Waals surface area contributed by atoms with Gasteiger partial charge in [0.05, 0.1) is 0 Å². The Morgan fingerprint density at radius 2 is 2.00 bits per heavy atom. The van der Waals surface area contributed by atoms with E-state index in [4.69, 9.17) is 5.73 Å². The number of hydrogen-bond acceptors (Lipinski definition) is 2. The fraction of sp³-hybridized carbons (Fsp3) is 0. The minimum atomic E-state index is 1.03. The molecule has 0 fully saturated rings. The van der Waals surface area contributed by atoms with Crippen LogP contribution in [0.5, 0.6) is 0 Å². The zero-order valence-electron chi connectivity index (χ0n) is 4.46. The molecule has 42 valence electrons. The number of hydrogen-bond donors (Lipinski definition) is 2. The molecule has 2 nitrogen and oxygen atoms in total. The number of nitrogens with two attached hydrogens (primary N) is 1. The zero-order chi connectivity index (χ0) is 5.82. The molecule has 1 rings (SSSR count). The third kappa shape index (κ3) is 0.904. The number of allylic oxidation sites excluding steroid dienone is 3. The zero-order valence-corrected chi connectivity index (χ0v) is 4.46. The molecule has 2 heteroatoms. The van der Waals surface area contributed by atoms with Gasteiger partial charge in [-0.2, -0.15) is 0 Å². The molecule has 0 saturated carbocycles. The lowest BCUT2D eigenvalue weighted by atomic mass is 10.2. The van der Waals surface area contributed by atoms with Gasteiger partial charge < -0.3 is 11.1 Å². The van der Waals surface area contributed by atoms with Gasteiger partial charge in [0.25, 0.3) is 0 Å². The van der Waals surface area contributed by atoms with E-state index < -0.39 is 0 Å². The van der Waals surface area contributed by atoms with Crippen LogP contribution in [0.2, 0.25) is 0 Å². The summed E-state index contributed by atoms with van der Waals surface area (Å²) in [6.07, 6.45) is 9.03. The van der Waals surface area contributed by atoms with E-state index >= 15 is 0 Å². The summed E-state index contributed by atoms with van der Waals surface area (Å²) < 4.78 is 0. The quantitative estimate of drug-likeness (QED) is 0.473. The Morgan fingerprint density at radius 1 is 1.38 bits per heavy atom. The van der Waals surface area contributed by atoms with Crippen LogP contribution in [-0.2, 0) is 0 Å². The highest BCUT2D eigenvalue weighted by Crippen LogP contribution is 1.98. The maximum absolute atomic E-state index is 5.21. The van der Waals surface area contributed by atoms with Crippen LogP contribution >= 0.6 is 0 Å². The topological polar surface area (TPSA) is 38.0 Å². The summed E-state index contributed by atoms with van der Waals surface area (Å²) in [6, 6.07) is 0. The van der Waals surface area contributed by atoms with Crippen molar-refractivity contribution >= 4 is 0 Å². The average molecular weight is 108 g/mol. The van der Waals surface area contributed by atoms with Crippen LogP contribution in [-0.4, -0.2) is 0 Å². The molecule has 1 aliphatic heterocycles. The van der Waals surface area contributed by atoms with Crippen molar-refractivity contribution < 1.29 is 0 Å². The summed E-state index contributed by atoms with van der Waals surface area (Å²) in [5, 5.41) is 2.89. The fourth-order valence-electron chi connectivity index (χ4n) is 0.511. The lowest BCUT2D eigenvalue weighted by Crippen LogP contribution is -1.97. The minimum absolute atomic E-state index is 1.03. The summed E-state index contributed by atoms with van der Waals surface area (Å²) in [7, 11) is 0. The van der Waals surface area contributed by atoms with Crippen LogP contribution in [0, 0.1) is 0 Å². The monoisotopic (exact) mass is 108 g/mol. The Morgan fingerprint density at radius 3 is 2.38 bits per heavy atom. The van der Waals surface area contributed by atoms with Gasteiger partial charge in [-0.1, -0.05) is 0 Å². The van der Waals surface area contributed by atoms with E-state index in [1.807, 2.05) is 24.6 Å². The maximum atomic E-state index is 5.21. The first kappa shape index (κ1) is 4.97. The van der Waals surface area contributed by atoms with Gasteiger partial charge in [0.1, 0.15) is 0 Å². The van der Waals surface area contributed by atoms with Crippen molar-refractivity contribution in [1.29, 1.82) is 0 Å². The maximum Gasteiger partial charge on any atom is 0.00126 e. The highest BCUT2D eigenvalue weighted by atomic mass is 14.8. The summed E-state index contributed by atoms with van der Waals surface area (Å²) >= 11 is 0. The number of rotatable bonds is 0. The lowest BCUT2D eigenvalue weighted by Gasteiger charge is -1.97. The van der Waals surface area contributed by atoms with Crippen molar-refractivity contribution in [1.82, 2.24) is 5.32 Å². The molecule has 0 aromatic rings. The second kappa shape index (κ2) is 2.21. The molecule has 1 heterocycles. The average Bonchev–Trinajstić information content (AvgIpc) is 1.90. The smallest absolute Gasteiger partial charge is 0.00126 e. The molecule has 8 heavy (non-hydrogen) atoms. The normalized spacial score (nSPS) is 15.8. The standard InChI is InChI=1S/C6H8N2/c7-5-6-1-3-8-4-2-6/h1-5,8H,7H2. The van der Waals surface area contributed by atoms with Crippen LogP contribution in [0.15, 0.2) is 36.3 Å². The molecule has 0 atom stereocenters. The third-order valence-corrected chi connectivity index (χ3v) is 0.936. The van der Waals surface area contributed by atoms with Crippen molar-refractivity contribution in [2.75, 3.05) is 0 Å². The third-order valence-electron chi connectivity index (χ3n) is 0.936. The molecule has 3 N–H and O–H groups in total. The second-order valence-corrected chi connectivity index (χ2v) is 1.50. The second-order valence-electron chi connectivity index (χ2n) is 1.50. The van der Waals surface area contributed by atoms with E-state index in [0.717, 1.165) is 5.57 Å². The summed E-state index contributed by atoms with van der Waals surface area (Å²) in [5.74, 6) is 0. The fourth-order valence-corrected chi connectivity index (χ4v) is 0.511. The van der Waals surface area contributed by atoms with E-state index in [0.29, 0.717) is 0 Å². The molecule has 1 aliphatic rings. The minimum Gasteiger partial charge on any atom is -0.404 e. The van der Waals surface area contributed by atoms with Gasteiger partial charge in [-0.05, 0) is 17.7 Å². The predicted molar refractivity (Wildman–Crippen MR) is 33.7 cm³/mol. The highest BCUT2D eigenvalue weighted by molar-refractivity contribution is 5.32. The van der Waals surface area contributed by atoms with Gasteiger partial charge in [0, 0.05) is 18.6 Å². The van der Waals surface area contributed by atoms with Crippen molar-refractivity contribution in [3.05, 3.63) is 36.3 Å². The molecule has 0 unspecified atom stereocenters. The van der Waals surface area contributed by atoms with Gasteiger partial charge in [-0.25, -0.2) is 0 Å². The van der Waals surface area contributed by atoms with E-state index in [9.17, 15) is 0 Å². The first-order valence-corrected chi connectivity index (χ1v) is 2.44. The molecule has 0 saturated heterocycles. The lowest BCUT2D eigenvalue weighted by molar-refractivity contribution is 1.16. The Balaban J connectivity index is 2.69. The van der Waals surface area contributed by atoms with Gasteiger partial charge in [-0.15, -0.1) is 0 Å². The molecule has 0 aromatic heterocycles. The SMILES string of the molecule is NC=C1C=CNC=C1. The van der Waals surface area contributed by atoms with Gasteiger partial charge >= 0.3 is 0 Å². The van der Waals surface area contributed by atoms with Crippen molar-refractivity contribution in [2.45, 2.75) is 0 Å². The van der Waals surface area contributed by atoms with E-state index in [2.05, 4.69) is 5.32 Å². The van der Waals surface area contributed by atoms with Crippen LogP contribution in [0.1, 0.15) is 0 Å². The molecule has 0 bridgehead atoms. The Hall–Kier alpha value is -1.18. The summed E-state index contributed by atoms with van der Waals surface area (Å²) in [5.41, 5.74) is 6.24. The van der Waals surface area contributed by atoms with E-state index in [1.54, 1.807) is 6.20 Å². The molecule has 0 amide bonds. The van der Waals surface area contributed by atoms with Gasteiger partial charge in [-0.3, -0.25) is 0 Å². The van der Waals surface area contributed by atoms with Crippen molar-refractivity contribution in [3.63, 3.8) is 0 Å². The van der Waals surface area contributed by atoms with Crippen LogP contribution < -0.4 is 11.1 Å². The van der Waals surface area contributed by atoms with Gasteiger partial charge in [0.15, 0.2) is 0 Å². The van der Waals surface area contributed by atoms with Crippen LogP contribution in [0.25, 0.3) is 0 Å². The molecule has 0 spiro atoms. The Labute approximate surface area is 48.4 Å². The van der Waals surface area contributed by atoms with E-state index in [1.165, 1.54) is 0 Å². The van der Waals surface area contributed by atoms with Crippen LogP contribution in [0.3, 0.4) is 0 Å². The number of nitrogens with one attached hydrogen (secondary N) is 1. The molecule has 0 aromatic carbocycles. The highest BCUT2D eigenvalue weighted by Gasteiger charge is 1.84. The Bertz CT molecular complexity index is 140. The van der Waals surface area contributed by atoms with Gasteiger partial charge in [0.2, 0.25) is 0 Å². The predicted octanol–water partition coefficient (Wildman–Crippen LogP) is 0.460.